The van der Waals surface area contributed by atoms with Crippen molar-refractivity contribution < 1.29 is 4.74 Å². The van der Waals surface area contributed by atoms with Gasteiger partial charge in [0, 0.05) is 24.3 Å². The van der Waals surface area contributed by atoms with E-state index in [1.54, 1.807) is 0 Å². The third kappa shape index (κ3) is 4.68. The lowest BCUT2D eigenvalue weighted by Gasteiger charge is -2.38. The van der Waals surface area contributed by atoms with E-state index in [4.69, 9.17) is 9.72 Å². The van der Waals surface area contributed by atoms with Gasteiger partial charge >= 0.3 is 0 Å². The van der Waals surface area contributed by atoms with Crippen LogP contribution in [0.25, 0.3) is 0 Å². The van der Waals surface area contributed by atoms with Gasteiger partial charge in [-0.2, -0.15) is 0 Å². The summed E-state index contributed by atoms with van der Waals surface area (Å²) in [5.41, 5.74) is 2.49. The zero-order chi connectivity index (χ0) is 15.6. The fourth-order valence-corrected chi connectivity index (χ4v) is 2.56. The molecule has 1 aromatic rings. The zero-order valence-electron chi connectivity index (χ0n) is 14.2. The van der Waals surface area contributed by atoms with Crippen LogP contribution < -0.4 is 10.2 Å². The molecule has 1 aromatic heterocycles. The van der Waals surface area contributed by atoms with E-state index in [2.05, 4.69) is 63.9 Å². The van der Waals surface area contributed by atoms with Crippen LogP contribution in [0, 0.1) is 6.92 Å². The predicted molar refractivity (Wildman–Crippen MR) is 87.8 cm³/mol. The standard InChI is InChI=1S/C17H29N3O/c1-12-7-15(9-18-17(4,5)6)8-16(19-12)20-10-14(3)21-11-13(20)2/h7-8,13-14,18H,9-11H2,1-6H3. The monoisotopic (exact) mass is 291 g/mol. The Labute approximate surface area is 128 Å². The first-order valence-corrected chi connectivity index (χ1v) is 7.85. The number of morpholine rings is 1. The molecule has 2 heterocycles. The number of aromatic nitrogens is 1. The van der Waals surface area contributed by atoms with E-state index in [0.29, 0.717) is 6.04 Å². The van der Waals surface area contributed by atoms with Crippen molar-refractivity contribution in [1.82, 2.24) is 10.3 Å². The van der Waals surface area contributed by atoms with Crippen LogP contribution in [0.3, 0.4) is 0 Å². The van der Waals surface area contributed by atoms with Gasteiger partial charge in [0.25, 0.3) is 0 Å². The lowest BCUT2D eigenvalue weighted by atomic mass is 10.1. The molecule has 2 atom stereocenters. The summed E-state index contributed by atoms with van der Waals surface area (Å²) in [6, 6.07) is 4.75. The number of rotatable bonds is 3. The van der Waals surface area contributed by atoms with Crippen molar-refractivity contribution in [1.29, 1.82) is 0 Å². The molecule has 0 amide bonds. The Hall–Kier alpha value is -1.13. The molecule has 1 aliphatic rings. The first-order valence-electron chi connectivity index (χ1n) is 7.85. The minimum Gasteiger partial charge on any atom is -0.375 e. The van der Waals surface area contributed by atoms with Crippen LogP contribution >= 0.6 is 0 Å². The van der Waals surface area contributed by atoms with Crippen molar-refractivity contribution in [3.63, 3.8) is 0 Å². The van der Waals surface area contributed by atoms with E-state index in [0.717, 1.165) is 31.2 Å². The van der Waals surface area contributed by atoms with Crippen LogP contribution in [0.15, 0.2) is 12.1 Å². The molecule has 1 fully saturated rings. The number of hydrogen-bond donors (Lipinski definition) is 1. The number of aryl methyl sites for hydroxylation is 1. The van der Waals surface area contributed by atoms with Crippen molar-refractivity contribution >= 4 is 5.82 Å². The first kappa shape index (κ1) is 16.2. The molecule has 0 spiro atoms. The molecule has 4 nitrogen and oxygen atoms in total. The van der Waals surface area contributed by atoms with E-state index >= 15 is 0 Å². The zero-order valence-corrected chi connectivity index (χ0v) is 14.2. The van der Waals surface area contributed by atoms with Gasteiger partial charge in [0.2, 0.25) is 0 Å². The molecule has 118 valence electrons. The second-order valence-electron chi connectivity index (χ2n) is 7.22. The normalized spacial score (nSPS) is 23.4. The van der Waals surface area contributed by atoms with Gasteiger partial charge in [0.1, 0.15) is 5.82 Å². The van der Waals surface area contributed by atoms with Gasteiger partial charge in [-0.1, -0.05) is 0 Å². The second-order valence-corrected chi connectivity index (χ2v) is 7.22. The molecule has 0 bridgehead atoms. The van der Waals surface area contributed by atoms with E-state index in [1.165, 1.54) is 5.56 Å². The van der Waals surface area contributed by atoms with Gasteiger partial charge in [0.15, 0.2) is 0 Å². The van der Waals surface area contributed by atoms with Crippen molar-refractivity contribution in [2.24, 2.45) is 0 Å². The minimum atomic E-state index is 0.123. The number of anilines is 1. The van der Waals surface area contributed by atoms with E-state index in [1.807, 2.05) is 0 Å². The van der Waals surface area contributed by atoms with Crippen molar-refractivity contribution in [3.8, 4) is 0 Å². The van der Waals surface area contributed by atoms with Crippen molar-refractivity contribution in [2.45, 2.75) is 65.8 Å². The van der Waals surface area contributed by atoms with Gasteiger partial charge in [-0.15, -0.1) is 0 Å². The average molecular weight is 291 g/mol. The van der Waals surface area contributed by atoms with Crippen LogP contribution in [0.1, 0.15) is 45.9 Å². The smallest absolute Gasteiger partial charge is 0.129 e. The number of pyridine rings is 1. The first-order chi connectivity index (χ1) is 9.74. The quantitative estimate of drug-likeness (QED) is 0.929. The molecular formula is C17H29N3O. The van der Waals surface area contributed by atoms with Gasteiger partial charge in [-0.05, 0) is 59.2 Å². The summed E-state index contributed by atoms with van der Waals surface area (Å²) in [5, 5.41) is 3.54. The number of ether oxygens (including phenoxy) is 1. The number of nitrogens with one attached hydrogen (secondary N) is 1. The minimum absolute atomic E-state index is 0.123. The van der Waals surface area contributed by atoms with Crippen LogP contribution in [-0.4, -0.2) is 35.8 Å². The molecule has 4 heteroatoms. The van der Waals surface area contributed by atoms with Crippen molar-refractivity contribution in [2.75, 3.05) is 18.1 Å². The maximum Gasteiger partial charge on any atom is 0.129 e. The maximum atomic E-state index is 5.71. The fourth-order valence-electron chi connectivity index (χ4n) is 2.56. The van der Waals surface area contributed by atoms with Gasteiger partial charge < -0.3 is 15.0 Å². The Morgan fingerprint density at radius 2 is 2.05 bits per heavy atom. The third-order valence-electron chi connectivity index (χ3n) is 3.72. The van der Waals surface area contributed by atoms with Crippen LogP contribution in [0.5, 0.6) is 0 Å². The SMILES string of the molecule is Cc1cc(CNC(C)(C)C)cc(N2CC(C)OCC2C)n1. The third-order valence-corrected chi connectivity index (χ3v) is 3.72. The highest BCUT2D eigenvalue weighted by Crippen LogP contribution is 2.22. The Morgan fingerprint density at radius 3 is 2.71 bits per heavy atom. The Kier molecular flexibility index (Phi) is 4.89. The molecule has 2 rings (SSSR count). The fraction of sp³-hybridized carbons (Fsp3) is 0.706. The topological polar surface area (TPSA) is 37.4 Å². The van der Waals surface area contributed by atoms with Gasteiger partial charge in [-0.25, -0.2) is 4.98 Å². The van der Waals surface area contributed by atoms with Crippen LogP contribution in [0.4, 0.5) is 5.82 Å². The summed E-state index contributed by atoms with van der Waals surface area (Å²) in [4.78, 5) is 7.09. The molecule has 1 saturated heterocycles. The van der Waals surface area contributed by atoms with E-state index < -0.39 is 0 Å². The Balaban J connectivity index is 2.18. The number of hydrogen-bond acceptors (Lipinski definition) is 4. The van der Waals surface area contributed by atoms with Crippen LogP contribution in [0.2, 0.25) is 0 Å². The molecule has 2 unspecified atom stereocenters. The van der Waals surface area contributed by atoms with Gasteiger partial charge in [0.05, 0.1) is 18.8 Å². The highest BCUT2D eigenvalue weighted by atomic mass is 16.5. The molecular weight excluding hydrogens is 262 g/mol. The maximum absolute atomic E-state index is 5.71. The summed E-state index contributed by atoms with van der Waals surface area (Å²) in [5.74, 6) is 1.07. The van der Waals surface area contributed by atoms with E-state index in [-0.39, 0.29) is 11.6 Å². The Morgan fingerprint density at radius 1 is 1.33 bits per heavy atom. The lowest BCUT2D eigenvalue weighted by Crippen LogP contribution is -2.47. The predicted octanol–water partition coefficient (Wildman–Crippen LogP) is 2.89. The molecule has 0 radical (unpaired) electrons. The highest BCUT2D eigenvalue weighted by molar-refractivity contribution is 5.44. The summed E-state index contributed by atoms with van der Waals surface area (Å²) in [7, 11) is 0. The largest absolute Gasteiger partial charge is 0.375 e. The second kappa shape index (κ2) is 6.32. The molecule has 0 aromatic carbocycles. The summed E-state index contributed by atoms with van der Waals surface area (Å²) in [6.45, 7) is 15.5. The molecule has 1 N–H and O–H groups in total. The van der Waals surface area contributed by atoms with Crippen molar-refractivity contribution in [3.05, 3.63) is 23.4 Å². The van der Waals surface area contributed by atoms with Gasteiger partial charge in [-0.3, -0.25) is 0 Å². The molecule has 21 heavy (non-hydrogen) atoms. The van der Waals surface area contributed by atoms with Crippen LogP contribution in [-0.2, 0) is 11.3 Å². The summed E-state index contributed by atoms with van der Waals surface area (Å²) >= 11 is 0. The Bertz CT molecular complexity index is 481. The summed E-state index contributed by atoms with van der Waals surface area (Å²) < 4.78 is 5.71. The number of nitrogens with zero attached hydrogens (tertiary/aromatic N) is 2. The average Bonchev–Trinajstić information content (AvgIpc) is 2.38. The molecule has 0 saturated carbocycles. The van der Waals surface area contributed by atoms with E-state index in [9.17, 15) is 0 Å². The highest BCUT2D eigenvalue weighted by Gasteiger charge is 2.25. The lowest BCUT2D eigenvalue weighted by molar-refractivity contribution is 0.0340. The molecule has 0 aliphatic carbocycles. The summed E-state index contributed by atoms with van der Waals surface area (Å²) in [6.07, 6.45) is 0.264. The molecule has 1 aliphatic heterocycles.